The van der Waals surface area contributed by atoms with E-state index in [0.29, 0.717) is 18.9 Å². The van der Waals surface area contributed by atoms with E-state index in [9.17, 15) is 4.79 Å². The number of nitrogens with one attached hydrogen (secondary N) is 1. The minimum absolute atomic E-state index is 0.133. The van der Waals surface area contributed by atoms with Gasteiger partial charge in [-0.05, 0) is 11.1 Å². The van der Waals surface area contributed by atoms with Gasteiger partial charge in [-0.25, -0.2) is 0 Å². The van der Waals surface area contributed by atoms with Gasteiger partial charge in [-0.1, -0.05) is 48.5 Å². The van der Waals surface area contributed by atoms with Crippen molar-refractivity contribution >= 4 is 5.91 Å². The maximum Gasteiger partial charge on any atom is 0.271 e. The number of amides is 1. The fourth-order valence-corrected chi connectivity index (χ4v) is 2.81. The van der Waals surface area contributed by atoms with E-state index in [1.54, 1.807) is 0 Å². The highest BCUT2D eigenvalue weighted by Gasteiger charge is 2.18. The van der Waals surface area contributed by atoms with Crippen molar-refractivity contribution in [1.82, 2.24) is 15.4 Å². The van der Waals surface area contributed by atoms with Crippen molar-refractivity contribution in [3.8, 4) is 22.4 Å². The SMILES string of the molecule is NC(=O)c1n[nH]nc1-c1ccc(-c2ccc(C3OCCO3)cc2)cc1. The molecule has 0 bridgehead atoms. The molecule has 0 aliphatic carbocycles. The number of ether oxygens (including phenoxy) is 2. The Labute approximate surface area is 143 Å². The summed E-state index contributed by atoms with van der Waals surface area (Å²) in [5.74, 6) is -0.611. The van der Waals surface area contributed by atoms with Gasteiger partial charge in [0.15, 0.2) is 12.0 Å². The molecule has 3 N–H and O–H groups in total. The van der Waals surface area contributed by atoms with Gasteiger partial charge in [-0.15, -0.1) is 0 Å². The van der Waals surface area contributed by atoms with Crippen molar-refractivity contribution in [3.05, 3.63) is 59.8 Å². The second-order valence-electron chi connectivity index (χ2n) is 5.66. The third-order valence-electron chi connectivity index (χ3n) is 4.08. The molecular formula is C18H16N4O3. The number of primary amides is 1. The number of carbonyl (C=O) groups excluding carboxylic acids is 1. The van der Waals surface area contributed by atoms with Gasteiger partial charge in [0.2, 0.25) is 0 Å². The van der Waals surface area contributed by atoms with Gasteiger partial charge in [0, 0.05) is 11.1 Å². The van der Waals surface area contributed by atoms with Crippen molar-refractivity contribution in [3.63, 3.8) is 0 Å². The van der Waals surface area contributed by atoms with E-state index >= 15 is 0 Å². The van der Waals surface area contributed by atoms with Crippen LogP contribution in [0.25, 0.3) is 22.4 Å². The van der Waals surface area contributed by atoms with Gasteiger partial charge in [-0.3, -0.25) is 4.79 Å². The van der Waals surface area contributed by atoms with E-state index in [1.165, 1.54) is 0 Å². The minimum Gasteiger partial charge on any atom is -0.364 e. The molecule has 1 aromatic heterocycles. The largest absolute Gasteiger partial charge is 0.364 e. The van der Waals surface area contributed by atoms with Gasteiger partial charge in [0.1, 0.15) is 5.69 Å². The number of aromatic amines is 1. The molecule has 0 saturated carbocycles. The van der Waals surface area contributed by atoms with E-state index < -0.39 is 5.91 Å². The molecule has 1 amide bonds. The molecule has 2 heterocycles. The summed E-state index contributed by atoms with van der Waals surface area (Å²) >= 11 is 0. The molecule has 0 radical (unpaired) electrons. The maximum atomic E-state index is 11.4. The van der Waals surface area contributed by atoms with Crippen LogP contribution in [-0.4, -0.2) is 34.5 Å². The monoisotopic (exact) mass is 336 g/mol. The van der Waals surface area contributed by atoms with Crippen LogP contribution in [-0.2, 0) is 9.47 Å². The van der Waals surface area contributed by atoms with Crippen molar-refractivity contribution in [2.45, 2.75) is 6.29 Å². The molecule has 3 aromatic rings. The summed E-state index contributed by atoms with van der Waals surface area (Å²) in [6.07, 6.45) is -0.268. The van der Waals surface area contributed by atoms with Crippen molar-refractivity contribution in [2.24, 2.45) is 5.73 Å². The Morgan fingerprint density at radius 3 is 2.08 bits per heavy atom. The van der Waals surface area contributed by atoms with Crippen LogP contribution in [0.5, 0.6) is 0 Å². The number of aromatic nitrogens is 3. The number of hydrogen-bond donors (Lipinski definition) is 2. The average Bonchev–Trinajstić information content (AvgIpc) is 3.34. The van der Waals surface area contributed by atoms with Crippen LogP contribution in [0.4, 0.5) is 0 Å². The lowest BCUT2D eigenvalue weighted by Crippen LogP contribution is -2.12. The Hall–Kier alpha value is -3.03. The predicted molar refractivity (Wildman–Crippen MR) is 90.4 cm³/mol. The third kappa shape index (κ3) is 3.02. The van der Waals surface area contributed by atoms with Crippen molar-refractivity contribution in [2.75, 3.05) is 13.2 Å². The fraction of sp³-hybridized carbons (Fsp3) is 0.167. The molecule has 1 aliphatic rings. The Morgan fingerprint density at radius 1 is 0.920 bits per heavy atom. The topological polar surface area (TPSA) is 103 Å². The van der Waals surface area contributed by atoms with Crippen LogP contribution >= 0.6 is 0 Å². The zero-order valence-electron chi connectivity index (χ0n) is 13.3. The average molecular weight is 336 g/mol. The lowest BCUT2D eigenvalue weighted by Gasteiger charge is -2.10. The number of rotatable bonds is 4. The molecule has 1 fully saturated rings. The Bertz CT molecular complexity index is 881. The summed E-state index contributed by atoms with van der Waals surface area (Å²) in [5.41, 5.74) is 9.78. The molecule has 25 heavy (non-hydrogen) atoms. The van der Waals surface area contributed by atoms with E-state index in [4.69, 9.17) is 15.2 Å². The second kappa shape index (κ2) is 6.46. The highest BCUT2D eigenvalue weighted by molar-refractivity contribution is 5.96. The first-order valence-electron chi connectivity index (χ1n) is 7.87. The first-order valence-corrected chi connectivity index (χ1v) is 7.87. The van der Waals surface area contributed by atoms with Crippen LogP contribution in [0.15, 0.2) is 48.5 Å². The zero-order chi connectivity index (χ0) is 17.2. The van der Waals surface area contributed by atoms with Gasteiger partial charge < -0.3 is 15.2 Å². The first-order chi connectivity index (χ1) is 12.2. The van der Waals surface area contributed by atoms with Crippen LogP contribution < -0.4 is 5.73 Å². The van der Waals surface area contributed by atoms with E-state index in [-0.39, 0.29) is 12.0 Å². The number of nitrogens with two attached hydrogens (primary N) is 1. The van der Waals surface area contributed by atoms with Gasteiger partial charge in [0.25, 0.3) is 5.91 Å². The highest BCUT2D eigenvalue weighted by atomic mass is 16.7. The van der Waals surface area contributed by atoms with Crippen LogP contribution in [0.2, 0.25) is 0 Å². The molecule has 126 valence electrons. The zero-order valence-corrected chi connectivity index (χ0v) is 13.3. The summed E-state index contributed by atoms with van der Waals surface area (Å²) in [5, 5.41) is 10.2. The quantitative estimate of drug-likeness (QED) is 0.761. The second-order valence-corrected chi connectivity index (χ2v) is 5.66. The summed E-state index contributed by atoms with van der Waals surface area (Å²) in [6, 6.07) is 15.8. The predicted octanol–water partition coefficient (Wildman–Crippen LogP) is 2.28. The molecule has 7 heteroatoms. The number of carbonyl (C=O) groups is 1. The van der Waals surface area contributed by atoms with Crippen LogP contribution in [0, 0.1) is 0 Å². The van der Waals surface area contributed by atoms with Crippen LogP contribution in [0.3, 0.4) is 0 Å². The van der Waals surface area contributed by atoms with Crippen molar-refractivity contribution < 1.29 is 14.3 Å². The molecule has 7 nitrogen and oxygen atoms in total. The number of H-pyrrole nitrogens is 1. The molecule has 0 atom stereocenters. The Morgan fingerprint density at radius 2 is 1.48 bits per heavy atom. The molecule has 4 rings (SSSR count). The number of benzene rings is 2. The molecule has 0 spiro atoms. The summed E-state index contributed by atoms with van der Waals surface area (Å²) in [6.45, 7) is 1.26. The van der Waals surface area contributed by atoms with E-state index in [0.717, 1.165) is 22.3 Å². The van der Waals surface area contributed by atoms with Crippen molar-refractivity contribution in [1.29, 1.82) is 0 Å². The number of nitrogens with zero attached hydrogens (tertiary/aromatic N) is 2. The van der Waals surface area contributed by atoms with Crippen LogP contribution in [0.1, 0.15) is 22.3 Å². The van der Waals surface area contributed by atoms with Gasteiger partial charge >= 0.3 is 0 Å². The lowest BCUT2D eigenvalue weighted by molar-refractivity contribution is -0.0441. The van der Waals surface area contributed by atoms with E-state index in [1.807, 2.05) is 48.5 Å². The number of hydrogen-bond acceptors (Lipinski definition) is 5. The third-order valence-corrected chi connectivity index (χ3v) is 4.08. The normalized spacial score (nSPS) is 14.7. The lowest BCUT2D eigenvalue weighted by atomic mass is 10.0. The Kier molecular flexibility index (Phi) is 4.01. The standard InChI is InChI=1S/C18H16N4O3/c19-17(23)16-15(20-22-21-16)13-5-1-11(2-6-13)12-3-7-14(8-4-12)18-24-9-10-25-18/h1-8,18H,9-10H2,(H2,19,23)(H,20,21,22). The van der Waals surface area contributed by atoms with E-state index in [2.05, 4.69) is 15.4 Å². The summed E-state index contributed by atoms with van der Waals surface area (Å²) in [7, 11) is 0. The Balaban J connectivity index is 1.57. The maximum absolute atomic E-state index is 11.4. The smallest absolute Gasteiger partial charge is 0.271 e. The summed E-state index contributed by atoms with van der Waals surface area (Å²) in [4.78, 5) is 11.4. The molecule has 1 saturated heterocycles. The minimum atomic E-state index is -0.611. The molecule has 2 aromatic carbocycles. The molecule has 1 aliphatic heterocycles. The van der Waals surface area contributed by atoms with Gasteiger partial charge in [-0.2, -0.15) is 15.4 Å². The first kappa shape index (κ1) is 15.5. The highest BCUT2D eigenvalue weighted by Crippen LogP contribution is 2.28. The molecular weight excluding hydrogens is 320 g/mol. The summed E-state index contributed by atoms with van der Waals surface area (Å²) < 4.78 is 11.0. The fourth-order valence-electron chi connectivity index (χ4n) is 2.81. The molecule has 0 unspecified atom stereocenters. The van der Waals surface area contributed by atoms with Gasteiger partial charge in [0.05, 0.1) is 13.2 Å².